The first kappa shape index (κ1) is 19.8. The number of anilines is 2. The third-order valence-electron chi connectivity index (χ3n) is 5.20. The summed E-state index contributed by atoms with van der Waals surface area (Å²) in [5, 5.41) is 14.2. The number of pyridine rings is 1. The SMILES string of the molecule is Cc1ccc2nc(N3CCS(=O)c4ccccc4C3)cc(NCC(O)CN)c2c1. The zero-order valence-corrected chi connectivity index (χ0v) is 17.3. The summed E-state index contributed by atoms with van der Waals surface area (Å²) in [6.45, 7) is 3.95. The molecule has 7 heteroatoms. The van der Waals surface area contributed by atoms with Gasteiger partial charge in [0.15, 0.2) is 0 Å². The van der Waals surface area contributed by atoms with Gasteiger partial charge in [-0.15, -0.1) is 0 Å². The second kappa shape index (κ2) is 8.49. The van der Waals surface area contributed by atoms with E-state index in [0.29, 0.717) is 25.4 Å². The summed E-state index contributed by atoms with van der Waals surface area (Å²) in [6.07, 6.45) is -0.612. The number of nitrogens with zero attached hydrogens (tertiary/aromatic N) is 2. The molecule has 4 N–H and O–H groups in total. The highest BCUT2D eigenvalue weighted by molar-refractivity contribution is 7.85. The van der Waals surface area contributed by atoms with E-state index >= 15 is 0 Å². The number of hydrogen-bond acceptors (Lipinski definition) is 6. The normalized spacial score (nSPS) is 17.6. The van der Waals surface area contributed by atoms with Crippen molar-refractivity contribution in [3.8, 4) is 0 Å². The Bertz CT molecular complexity index is 1060. The Labute approximate surface area is 173 Å². The van der Waals surface area contributed by atoms with Crippen molar-refractivity contribution in [2.75, 3.05) is 35.6 Å². The molecule has 3 aromatic rings. The fraction of sp³-hybridized carbons (Fsp3) is 0.318. The van der Waals surface area contributed by atoms with E-state index < -0.39 is 16.9 Å². The predicted octanol–water partition coefficient (Wildman–Crippen LogP) is 2.40. The maximum absolute atomic E-state index is 12.6. The topological polar surface area (TPSA) is 91.5 Å². The standard InChI is InChI=1S/C22H26N4O2S/c1-15-6-7-19-18(10-15)20(24-13-17(27)12-23)11-22(25-19)26-8-9-29(28)21-5-3-2-4-16(21)14-26/h2-7,10-11,17,27H,8-9,12-14,23H2,1H3,(H,24,25). The van der Waals surface area contributed by atoms with E-state index in [1.165, 1.54) is 0 Å². The maximum Gasteiger partial charge on any atom is 0.131 e. The largest absolute Gasteiger partial charge is 0.390 e. The molecular weight excluding hydrogens is 384 g/mol. The van der Waals surface area contributed by atoms with Gasteiger partial charge in [-0.3, -0.25) is 4.21 Å². The molecule has 0 aliphatic carbocycles. The summed E-state index contributed by atoms with van der Waals surface area (Å²) in [5.74, 6) is 1.40. The van der Waals surface area contributed by atoms with Crippen molar-refractivity contribution in [1.82, 2.24) is 4.98 Å². The molecule has 1 aliphatic rings. The zero-order valence-electron chi connectivity index (χ0n) is 16.5. The number of rotatable bonds is 5. The second-order valence-electron chi connectivity index (χ2n) is 7.40. The van der Waals surface area contributed by atoms with Crippen LogP contribution in [0.15, 0.2) is 53.4 Å². The van der Waals surface area contributed by atoms with Crippen molar-refractivity contribution in [1.29, 1.82) is 0 Å². The van der Waals surface area contributed by atoms with Crippen LogP contribution in [0.5, 0.6) is 0 Å². The van der Waals surface area contributed by atoms with Crippen molar-refractivity contribution in [3.63, 3.8) is 0 Å². The van der Waals surface area contributed by atoms with E-state index in [1.54, 1.807) is 0 Å². The molecule has 1 aliphatic heterocycles. The summed E-state index contributed by atoms with van der Waals surface area (Å²) >= 11 is 0. The van der Waals surface area contributed by atoms with E-state index in [0.717, 1.165) is 38.4 Å². The molecule has 0 fully saturated rings. The van der Waals surface area contributed by atoms with E-state index in [-0.39, 0.29) is 6.54 Å². The van der Waals surface area contributed by atoms with Crippen LogP contribution in [0, 0.1) is 6.92 Å². The predicted molar refractivity (Wildman–Crippen MR) is 119 cm³/mol. The lowest BCUT2D eigenvalue weighted by Gasteiger charge is -2.23. The molecule has 2 aromatic carbocycles. The van der Waals surface area contributed by atoms with E-state index in [2.05, 4.69) is 16.3 Å². The van der Waals surface area contributed by atoms with Crippen LogP contribution in [0.4, 0.5) is 11.5 Å². The van der Waals surface area contributed by atoms with Crippen LogP contribution in [-0.4, -0.2) is 45.8 Å². The molecule has 0 bridgehead atoms. The van der Waals surface area contributed by atoms with Crippen LogP contribution in [0.2, 0.25) is 0 Å². The second-order valence-corrected chi connectivity index (χ2v) is 8.94. The lowest BCUT2D eigenvalue weighted by atomic mass is 10.1. The molecule has 0 amide bonds. The smallest absolute Gasteiger partial charge is 0.131 e. The first-order chi connectivity index (χ1) is 14.0. The van der Waals surface area contributed by atoms with Crippen LogP contribution in [0.1, 0.15) is 11.1 Å². The van der Waals surface area contributed by atoms with Crippen molar-refractivity contribution >= 4 is 33.2 Å². The quantitative estimate of drug-likeness (QED) is 0.598. The van der Waals surface area contributed by atoms with Crippen LogP contribution in [0.3, 0.4) is 0 Å². The summed E-state index contributed by atoms with van der Waals surface area (Å²) in [7, 11) is -1.01. The van der Waals surface area contributed by atoms with Gasteiger partial charge < -0.3 is 21.1 Å². The van der Waals surface area contributed by atoms with E-state index in [9.17, 15) is 9.32 Å². The summed E-state index contributed by atoms with van der Waals surface area (Å²) < 4.78 is 12.6. The van der Waals surface area contributed by atoms with Gasteiger partial charge in [0.05, 0.1) is 22.4 Å². The molecule has 0 saturated heterocycles. The van der Waals surface area contributed by atoms with E-state index in [1.807, 2.05) is 49.4 Å². The lowest BCUT2D eigenvalue weighted by molar-refractivity contribution is 0.196. The Morgan fingerprint density at radius 3 is 2.93 bits per heavy atom. The maximum atomic E-state index is 12.6. The molecule has 6 nitrogen and oxygen atoms in total. The third kappa shape index (κ3) is 4.27. The first-order valence-corrected chi connectivity index (χ1v) is 11.1. The monoisotopic (exact) mass is 410 g/mol. The molecule has 29 heavy (non-hydrogen) atoms. The number of benzene rings is 2. The molecule has 0 spiro atoms. The molecule has 0 radical (unpaired) electrons. The molecule has 152 valence electrons. The average Bonchev–Trinajstić information content (AvgIpc) is 2.91. The first-order valence-electron chi connectivity index (χ1n) is 9.80. The number of aromatic nitrogens is 1. The van der Waals surface area contributed by atoms with Crippen molar-refractivity contribution in [3.05, 3.63) is 59.7 Å². The molecule has 0 saturated carbocycles. The Hall–Kier alpha value is -2.48. The summed E-state index contributed by atoms with van der Waals surface area (Å²) in [5.41, 5.74) is 9.58. The highest BCUT2D eigenvalue weighted by Crippen LogP contribution is 2.30. The van der Waals surface area contributed by atoms with Gasteiger partial charge in [0.2, 0.25) is 0 Å². The van der Waals surface area contributed by atoms with E-state index in [4.69, 9.17) is 10.7 Å². The zero-order chi connectivity index (χ0) is 20.4. The number of aliphatic hydroxyl groups is 1. The molecule has 2 heterocycles. The van der Waals surface area contributed by atoms with Gasteiger partial charge in [0.25, 0.3) is 0 Å². The molecular formula is C22H26N4O2S. The fourth-order valence-electron chi connectivity index (χ4n) is 3.58. The van der Waals surface area contributed by atoms with Crippen LogP contribution >= 0.6 is 0 Å². The number of nitrogens with one attached hydrogen (secondary N) is 1. The van der Waals surface area contributed by atoms with Gasteiger partial charge in [-0.25, -0.2) is 4.98 Å². The lowest BCUT2D eigenvalue weighted by Crippen LogP contribution is -2.28. The van der Waals surface area contributed by atoms with Crippen molar-refractivity contribution in [2.45, 2.75) is 24.5 Å². The minimum atomic E-state index is -1.01. The highest BCUT2D eigenvalue weighted by Gasteiger charge is 2.21. The van der Waals surface area contributed by atoms with Crippen molar-refractivity contribution in [2.24, 2.45) is 5.73 Å². The van der Waals surface area contributed by atoms with Gasteiger partial charge in [-0.1, -0.05) is 29.8 Å². The minimum absolute atomic E-state index is 0.205. The number of aryl methyl sites for hydroxylation is 1. The van der Waals surface area contributed by atoms with Gasteiger partial charge in [0, 0.05) is 54.0 Å². The Morgan fingerprint density at radius 2 is 2.10 bits per heavy atom. The molecule has 2 atom stereocenters. The Morgan fingerprint density at radius 1 is 1.28 bits per heavy atom. The number of nitrogens with two attached hydrogens (primary N) is 1. The van der Waals surface area contributed by atoms with Gasteiger partial charge in [-0.05, 0) is 30.7 Å². The van der Waals surface area contributed by atoms with Gasteiger partial charge in [0.1, 0.15) is 5.82 Å². The van der Waals surface area contributed by atoms with Gasteiger partial charge in [-0.2, -0.15) is 0 Å². The summed E-state index contributed by atoms with van der Waals surface area (Å²) in [6, 6.07) is 16.1. The van der Waals surface area contributed by atoms with Crippen LogP contribution < -0.4 is 16.0 Å². The Kier molecular flexibility index (Phi) is 5.80. The van der Waals surface area contributed by atoms with Gasteiger partial charge >= 0.3 is 0 Å². The molecule has 4 rings (SSSR count). The Balaban J connectivity index is 1.73. The number of fused-ring (bicyclic) bond motifs is 2. The average molecular weight is 411 g/mol. The van der Waals surface area contributed by atoms with Crippen LogP contribution in [0.25, 0.3) is 10.9 Å². The van der Waals surface area contributed by atoms with Crippen molar-refractivity contribution < 1.29 is 9.32 Å². The number of aliphatic hydroxyl groups excluding tert-OH is 1. The molecule has 2 unspecified atom stereocenters. The number of hydrogen-bond donors (Lipinski definition) is 3. The highest BCUT2D eigenvalue weighted by atomic mass is 32.2. The van der Waals surface area contributed by atoms with Crippen LogP contribution in [-0.2, 0) is 17.3 Å². The fourth-order valence-corrected chi connectivity index (χ4v) is 4.85. The summed E-state index contributed by atoms with van der Waals surface area (Å²) in [4.78, 5) is 7.97. The molecule has 1 aromatic heterocycles. The minimum Gasteiger partial charge on any atom is -0.390 e. The third-order valence-corrected chi connectivity index (χ3v) is 6.64.